The first-order valence-electron chi connectivity index (χ1n) is 26.3. The summed E-state index contributed by atoms with van der Waals surface area (Å²) in [6.45, 7) is 14.6. The Kier molecular flexibility index (Phi) is 38.7. The smallest absolute Gasteiger partial charge is 0.305 e. The first kappa shape index (κ1) is 55.8. The molecule has 0 spiro atoms. The first-order valence-corrected chi connectivity index (χ1v) is 26.3. The van der Waals surface area contributed by atoms with Crippen molar-refractivity contribution in [2.75, 3.05) is 45.9 Å². The molecule has 0 aromatic heterocycles. The van der Waals surface area contributed by atoms with E-state index in [-0.39, 0.29) is 11.9 Å². The molecule has 1 heterocycles. The normalized spacial score (nSPS) is 15.1. The molecule has 2 unspecified atom stereocenters. The van der Waals surface area contributed by atoms with Crippen LogP contribution in [0.3, 0.4) is 0 Å². The fraction of sp³-hybridized carbons (Fsp3) is 0.962. The predicted octanol–water partition coefficient (Wildman–Crippen LogP) is 14.1. The van der Waals surface area contributed by atoms with E-state index in [9.17, 15) is 14.7 Å². The van der Waals surface area contributed by atoms with Crippen LogP contribution in [0.4, 0.5) is 0 Å². The van der Waals surface area contributed by atoms with E-state index < -0.39 is 5.60 Å². The number of piperidine rings is 1. The summed E-state index contributed by atoms with van der Waals surface area (Å²) in [6, 6.07) is 0. The first-order chi connectivity index (χ1) is 28.9. The second-order valence-corrected chi connectivity index (χ2v) is 19.0. The minimum absolute atomic E-state index is 0.0286. The van der Waals surface area contributed by atoms with Gasteiger partial charge in [-0.1, -0.05) is 182 Å². The Bertz CT molecular complexity index is 865. The molecule has 1 aliphatic heterocycles. The summed E-state index contributed by atoms with van der Waals surface area (Å²) in [6.07, 6.45) is 41.8. The van der Waals surface area contributed by atoms with Crippen LogP contribution in [0.5, 0.6) is 0 Å². The van der Waals surface area contributed by atoms with Gasteiger partial charge in [-0.3, -0.25) is 9.59 Å². The standard InChI is InChI=1S/C52H102N2O5/c1-5-9-13-17-21-27-35-48(33-25-19-15-11-7-3)45-58-50(55)37-29-23-31-43-54(47-52(57)39-41-53-42-40-52)44-32-24-30-38-51(56)59-46-49(34-26-20-16-12-8-4)36-28-22-18-14-10-6-2/h48-49,53,57H,5-47H2,1-4H3. The van der Waals surface area contributed by atoms with Crippen molar-refractivity contribution in [2.24, 2.45) is 11.8 Å². The van der Waals surface area contributed by atoms with E-state index in [2.05, 4.69) is 37.9 Å². The summed E-state index contributed by atoms with van der Waals surface area (Å²) in [5, 5.41) is 14.8. The minimum Gasteiger partial charge on any atom is -0.465 e. The zero-order valence-corrected chi connectivity index (χ0v) is 40.1. The Hall–Kier alpha value is -1.18. The van der Waals surface area contributed by atoms with E-state index >= 15 is 0 Å². The van der Waals surface area contributed by atoms with Gasteiger partial charge in [0.25, 0.3) is 0 Å². The summed E-state index contributed by atoms with van der Waals surface area (Å²) >= 11 is 0. The van der Waals surface area contributed by atoms with Gasteiger partial charge in [0.05, 0.1) is 18.8 Å². The third-order valence-corrected chi connectivity index (χ3v) is 13.1. The van der Waals surface area contributed by atoms with Gasteiger partial charge < -0.3 is 24.8 Å². The Balaban J connectivity index is 2.45. The number of ether oxygens (including phenoxy) is 2. The molecule has 0 bridgehead atoms. The molecule has 7 nitrogen and oxygen atoms in total. The maximum atomic E-state index is 12.8. The topological polar surface area (TPSA) is 88.1 Å². The van der Waals surface area contributed by atoms with Crippen molar-refractivity contribution in [3.05, 3.63) is 0 Å². The molecule has 1 rings (SSSR count). The van der Waals surface area contributed by atoms with Crippen molar-refractivity contribution < 1.29 is 24.2 Å². The molecule has 0 aromatic rings. The van der Waals surface area contributed by atoms with Crippen LogP contribution in [0.1, 0.15) is 259 Å². The zero-order valence-electron chi connectivity index (χ0n) is 40.1. The average Bonchev–Trinajstić information content (AvgIpc) is 3.23. The number of hydrogen-bond acceptors (Lipinski definition) is 7. The third-order valence-electron chi connectivity index (χ3n) is 13.1. The SMILES string of the molecule is CCCCCCCCC(CCCCCCC)COC(=O)CCCCCN(CCCCCC(=O)OCC(CCCCCCC)CCCCCCCC)CC1(O)CCNCC1. The van der Waals surface area contributed by atoms with Gasteiger partial charge in [-0.2, -0.15) is 0 Å². The van der Waals surface area contributed by atoms with Gasteiger partial charge in [-0.25, -0.2) is 0 Å². The Morgan fingerprint density at radius 1 is 0.492 bits per heavy atom. The number of carbonyl (C=O) groups is 2. The van der Waals surface area contributed by atoms with E-state index in [1.54, 1.807) is 0 Å². The summed E-state index contributed by atoms with van der Waals surface area (Å²) in [7, 11) is 0. The highest BCUT2D eigenvalue weighted by molar-refractivity contribution is 5.69. The molecule has 1 aliphatic rings. The second kappa shape index (κ2) is 40.9. The fourth-order valence-electron chi connectivity index (χ4n) is 8.99. The van der Waals surface area contributed by atoms with Crippen LogP contribution in [-0.2, 0) is 19.1 Å². The van der Waals surface area contributed by atoms with E-state index in [1.165, 1.54) is 167 Å². The van der Waals surface area contributed by atoms with Gasteiger partial charge in [0.1, 0.15) is 0 Å². The molecular weight excluding hydrogens is 733 g/mol. The summed E-state index contributed by atoms with van der Waals surface area (Å²) in [5.41, 5.74) is -0.636. The summed E-state index contributed by atoms with van der Waals surface area (Å²) < 4.78 is 11.8. The molecule has 1 saturated heterocycles. The van der Waals surface area contributed by atoms with Crippen molar-refractivity contribution >= 4 is 11.9 Å². The van der Waals surface area contributed by atoms with Crippen LogP contribution in [0.2, 0.25) is 0 Å². The lowest BCUT2D eigenvalue weighted by Crippen LogP contribution is -2.50. The Morgan fingerprint density at radius 3 is 1.17 bits per heavy atom. The Morgan fingerprint density at radius 2 is 0.814 bits per heavy atom. The number of nitrogens with zero attached hydrogens (tertiary/aromatic N) is 1. The van der Waals surface area contributed by atoms with Crippen LogP contribution >= 0.6 is 0 Å². The monoisotopic (exact) mass is 835 g/mol. The van der Waals surface area contributed by atoms with E-state index in [1.807, 2.05) is 0 Å². The minimum atomic E-state index is -0.636. The van der Waals surface area contributed by atoms with E-state index in [0.29, 0.717) is 44.4 Å². The van der Waals surface area contributed by atoms with Crippen molar-refractivity contribution in [1.82, 2.24) is 10.2 Å². The largest absolute Gasteiger partial charge is 0.465 e. The number of unbranched alkanes of at least 4 members (excludes halogenated alkanes) is 22. The molecule has 59 heavy (non-hydrogen) atoms. The number of carbonyl (C=O) groups excluding carboxylic acids is 2. The maximum absolute atomic E-state index is 12.8. The molecule has 350 valence electrons. The van der Waals surface area contributed by atoms with Crippen LogP contribution in [0, 0.1) is 11.8 Å². The number of rotatable bonds is 44. The molecule has 2 N–H and O–H groups in total. The quantitative estimate of drug-likeness (QED) is 0.0467. The van der Waals surface area contributed by atoms with Crippen molar-refractivity contribution in [1.29, 1.82) is 0 Å². The van der Waals surface area contributed by atoms with Gasteiger partial charge in [0.15, 0.2) is 0 Å². The second-order valence-electron chi connectivity index (χ2n) is 19.0. The fourth-order valence-corrected chi connectivity index (χ4v) is 8.99. The lowest BCUT2D eigenvalue weighted by molar-refractivity contribution is -0.146. The van der Waals surface area contributed by atoms with Crippen LogP contribution < -0.4 is 5.32 Å². The number of aliphatic hydroxyl groups is 1. The highest BCUT2D eigenvalue weighted by Gasteiger charge is 2.31. The van der Waals surface area contributed by atoms with Crippen LogP contribution in [0.15, 0.2) is 0 Å². The molecule has 0 amide bonds. The lowest BCUT2D eigenvalue weighted by Gasteiger charge is -2.37. The van der Waals surface area contributed by atoms with Crippen LogP contribution in [0.25, 0.3) is 0 Å². The lowest BCUT2D eigenvalue weighted by atomic mass is 9.91. The molecule has 0 aromatic carbocycles. The highest BCUT2D eigenvalue weighted by Crippen LogP contribution is 2.23. The van der Waals surface area contributed by atoms with Crippen molar-refractivity contribution in [2.45, 2.75) is 264 Å². The van der Waals surface area contributed by atoms with Gasteiger partial charge in [0.2, 0.25) is 0 Å². The molecule has 1 fully saturated rings. The zero-order chi connectivity index (χ0) is 42.9. The number of nitrogens with one attached hydrogen (secondary N) is 1. The summed E-state index contributed by atoms with van der Waals surface area (Å²) in [5.74, 6) is 0.959. The average molecular weight is 835 g/mol. The number of hydrogen-bond donors (Lipinski definition) is 2. The molecule has 0 saturated carbocycles. The van der Waals surface area contributed by atoms with Gasteiger partial charge in [0, 0.05) is 19.4 Å². The van der Waals surface area contributed by atoms with Crippen LogP contribution in [-0.4, -0.2) is 73.5 Å². The van der Waals surface area contributed by atoms with Gasteiger partial charge >= 0.3 is 11.9 Å². The third kappa shape index (κ3) is 35.0. The maximum Gasteiger partial charge on any atom is 0.305 e. The van der Waals surface area contributed by atoms with E-state index in [4.69, 9.17) is 9.47 Å². The molecular formula is C52H102N2O5. The van der Waals surface area contributed by atoms with Crippen molar-refractivity contribution in [3.63, 3.8) is 0 Å². The summed E-state index contributed by atoms with van der Waals surface area (Å²) in [4.78, 5) is 28.0. The molecule has 2 atom stereocenters. The Labute approximate surface area is 367 Å². The van der Waals surface area contributed by atoms with E-state index in [0.717, 1.165) is 77.5 Å². The number of esters is 2. The molecule has 0 aliphatic carbocycles. The molecule has 0 radical (unpaired) electrons. The van der Waals surface area contributed by atoms with Crippen molar-refractivity contribution in [3.8, 4) is 0 Å². The van der Waals surface area contributed by atoms with Gasteiger partial charge in [-0.15, -0.1) is 0 Å². The highest BCUT2D eigenvalue weighted by atomic mass is 16.5. The molecule has 7 heteroatoms. The predicted molar refractivity (Wildman–Crippen MR) is 252 cm³/mol. The van der Waals surface area contributed by atoms with Gasteiger partial charge in [-0.05, 0) is 102 Å².